The molecule has 0 aliphatic heterocycles. The number of rotatable bonds is 15. The van der Waals surface area contributed by atoms with E-state index in [4.69, 9.17) is 18.9 Å². The topological polar surface area (TPSA) is 71.1 Å². The molecule has 2 rings (SSSR count). The van der Waals surface area contributed by atoms with Crippen LogP contribution < -0.4 is 9.47 Å². The predicted octanol–water partition coefficient (Wildman–Crippen LogP) is 4.96. The molecule has 0 fully saturated rings. The van der Waals surface area contributed by atoms with Gasteiger partial charge in [-0.15, -0.1) is 0 Å². The lowest BCUT2D eigenvalue weighted by molar-refractivity contribution is -0.164. The van der Waals surface area contributed by atoms with Crippen LogP contribution in [0.3, 0.4) is 0 Å². The van der Waals surface area contributed by atoms with Crippen molar-refractivity contribution in [3.63, 3.8) is 0 Å². The molecule has 0 saturated heterocycles. The van der Waals surface area contributed by atoms with Crippen LogP contribution in [0.1, 0.15) is 25.0 Å². The van der Waals surface area contributed by atoms with Gasteiger partial charge in [-0.1, -0.05) is 49.6 Å². The van der Waals surface area contributed by atoms with Crippen LogP contribution >= 0.6 is 0 Å². The van der Waals surface area contributed by atoms with E-state index in [0.29, 0.717) is 26.1 Å². The Morgan fingerprint density at radius 2 is 1.12 bits per heavy atom. The van der Waals surface area contributed by atoms with Crippen LogP contribution in [0, 0.1) is 11.8 Å². The quantitative estimate of drug-likeness (QED) is 0.210. The van der Waals surface area contributed by atoms with E-state index in [1.165, 1.54) is 0 Å². The third kappa shape index (κ3) is 8.43. The van der Waals surface area contributed by atoms with E-state index < -0.39 is 17.9 Å². The molecule has 6 nitrogen and oxygen atoms in total. The van der Waals surface area contributed by atoms with Crippen LogP contribution in [-0.2, 0) is 31.9 Å². The third-order valence-corrected chi connectivity index (χ3v) is 5.13. The lowest BCUT2D eigenvalue weighted by Crippen LogP contribution is -2.36. The van der Waals surface area contributed by atoms with Crippen molar-refractivity contribution in [1.29, 1.82) is 0 Å². The first kappa shape index (κ1) is 26.7. The molecule has 0 heterocycles. The molecule has 0 N–H and O–H groups in total. The number of esters is 2. The summed E-state index contributed by atoms with van der Waals surface area (Å²) in [4.78, 5) is 25.7. The lowest BCUT2D eigenvalue weighted by Gasteiger charge is -2.25. The van der Waals surface area contributed by atoms with Gasteiger partial charge in [-0.3, -0.25) is 9.59 Å². The van der Waals surface area contributed by atoms with E-state index in [2.05, 4.69) is 13.2 Å². The highest BCUT2D eigenvalue weighted by Crippen LogP contribution is 2.27. The second kappa shape index (κ2) is 14.6. The van der Waals surface area contributed by atoms with Gasteiger partial charge in [0, 0.05) is 0 Å². The maximum atomic E-state index is 12.8. The number of carbonyl (C=O) groups is 2. The van der Waals surface area contributed by atoms with Crippen LogP contribution in [0.5, 0.6) is 11.5 Å². The molecule has 0 spiro atoms. The van der Waals surface area contributed by atoms with Crippen molar-refractivity contribution in [3.8, 4) is 11.5 Å². The number of benzene rings is 2. The molecule has 34 heavy (non-hydrogen) atoms. The summed E-state index contributed by atoms with van der Waals surface area (Å²) in [6.45, 7) is 12.0. The normalized spacial score (nSPS) is 10.6. The first-order chi connectivity index (χ1) is 16.5. The van der Waals surface area contributed by atoms with E-state index >= 15 is 0 Å². The van der Waals surface area contributed by atoms with Gasteiger partial charge < -0.3 is 18.9 Å². The monoisotopic (exact) mass is 466 g/mol. The summed E-state index contributed by atoms with van der Waals surface area (Å²) in [5, 5.41) is 0. The number of carbonyl (C=O) groups excluding carboxylic acids is 2. The van der Waals surface area contributed by atoms with Crippen molar-refractivity contribution >= 4 is 11.9 Å². The zero-order chi connectivity index (χ0) is 24.8. The molecule has 182 valence electrons. The number of hydrogen-bond donors (Lipinski definition) is 0. The van der Waals surface area contributed by atoms with Gasteiger partial charge in [0.25, 0.3) is 0 Å². The SMILES string of the molecule is C=CCOc1ccc(CC(Cc2ccc(OCC=C)cc2)C(C(=O)OCC)C(=O)OCC)cc1. The summed E-state index contributed by atoms with van der Waals surface area (Å²) < 4.78 is 21.6. The molecular formula is C28H34O6. The first-order valence-electron chi connectivity index (χ1n) is 11.5. The van der Waals surface area contributed by atoms with Crippen LogP contribution in [-0.4, -0.2) is 38.4 Å². The predicted molar refractivity (Wildman–Crippen MR) is 132 cm³/mol. The van der Waals surface area contributed by atoms with Crippen LogP contribution in [0.4, 0.5) is 0 Å². The van der Waals surface area contributed by atoms with E-state index in [1.807, 2.05) is 48.5 Å². The van der Waals surface area contributed by atoms with Gasteiger partial charge >= 0.3 is 11.9 Å². The van der Waals surface area contributed by atoms with Gasteiger partial charge in [-0.2, -0.15) is 0 Å². The van der Waals surface area contributed by atoms with Crippen molar-refractivity contribution < 1.29 is 28.5 Å². The Kier molecular flexibility index (Phi) is 11.5. The van der Waals surface area contributed by atoms with E-state index in [0.717, 1.165) is 22.6 Å². The Morgan fingerprint density at radius 3 is 1.44 bits per heavy atom. The second-order valence-electron chi connectivity index (χ2n) is 7.64. The maximum Gasteiger partial charge on any atom is 0.320 e. The van der Waals surface area contributed by atoms with Crippen molar-refractivity contribution in [2.75, 3.05) is 26.4 Å². The van der Waals surface area contributed by atoms with Crippen LogP contribution in [0.2, 0.25) is 0 Å². The minimum Gasteiger partial charge on any atom is -0.490 e. The molecule has 2 aromatic carbocycles. The molecule has 6 heteroatoms. The summed E-state index contributed by atoms with van der Waals surface area (Å²) >= 11 is 0. The van der Waals surface area contributed by atoms with Crippen LogP contribution in [0.25, 0.3) is 0 Å². The Bertz CT molecular complexity index is 841. The van der Waals surface area contributed by atoms with Gasteiger partial charge in [0.05, 0.1) is 13.2 Å². The molecule has 0 bridgehead atoms. The molecule has 0 atom stereocenters. The van der Waals surface area contributed by atoms with Gasteiger partial charge in [-0.25, -0.2) is 0 Å². The third-order valence-electron chi connectivity index (χ3n) is 5.13. The fraction of sp³-hybridized carbons (Fsp3) is 0.357. The highest BCUT2D eigenvalue weighted by Gasteiger charge is 2.37. The summed E-state index contributed by atoms with van der Waals surface area (Å²) in [5.41, 5.74) is 1.95. The standard InChI is InChI=1S/C28H34O6/c1-5-17-33-24-13-9-21(10-14-24)19-23(26(27(29)31-7-3)28(30)32-8-4)20-22-11-15-25(16-12-22)34-18-6-2/h5-6,9-16,23,26H,1-2,7-8,17-20H2,3-4H3. The highest BCUT2D eigenvalue weighted by atomic mass is 16.6. The van der Waals surface area contributed by atoms with Crippen molar-refractivity contribution in [2.45, 2.75) is 26.7 Å². The molecule has 0 aromatic heterocycles. The van der Waals surface area contributed by atoms with Crippen molar-refractivity contribution in [1.82, 2.24) is 0 Å². The Hall–Kier alpha value is -3.54. The molecule has 2 aromatic rings. The van der Waals surface area contributed by atoms with E-state index in [-0.39, 0.29) is 19.1 Å². The molecule has 0 amide bonds. The average Bonchev–Trinajstić information content (AvgIpc) is 2.83. The van der Waals surface area contributed by atoms with Crippen molar-refractivity contribution in [3.05, 3.63) is 85.0 Å². The van der Waals surface area contributed by atoms with Gasteiger partial charge in [0.1, 0.15) is 24.7 Å². The first-order valence-corrected chi connectivity index (χ1v) is 11.5. The highest BCUT2D eigenvalue weighted by molar-refractivity contribution is 5.95. The molecule has 0 aliphatic carbocycles. The zero-order valence-electron chi connectivity index (χ0n) is 20.0. The fourth-order valence-electron chi connectivity index (χ4n) is 3.61. The molecular weight excluding hydrogens is 432 g/mol. The molecule has 0 radical (unpaired) electrons. The summed E-state index contributed by atoms with van der Waals surface area (Å²) in [6.07, 6.45) is 4.33. The molecule has 0 saturated carbocycles. The summed E-state index contributed by atoms with van der Waals surface area (Å²) in [7, 11) is 0. The second-order valence-corrected chi connectivity index (χ2v) is 7.64. The van der Waals surface area contributed by atoms with E-state index in [9.17, 15) is 9.59 Å². The van der Waals surface area contributed by atoms with Gasteiger partial charge in [0.15, 0.2) is 5.92 Å². The number of hydrogen-bond acceptors (Lipinski definition) is 6. The summed E-state index contributed by atoms with van der Waals surface area (Å²) in [5.74, 6) is -1.08. The lowest BCUT2D eigenvalue weighted by atomic mass is 9.82. The maximum absolute atomic E-state index is 12.8. The molecule has 0 unspecified atom stereocenters. The minimum atomic E-state index is -1.03. The Labute approximate surface area is 202 Å². The Balaban J connectivity index is 2.31. The van der Waals surface area contributed by atoms with Crippen molar-refractivity contribution in [2.24, 2.45) is 11.8 Å². The van der Waals surface area contributed by atoms with Crippen LogP contribution in [0.15, 0.2) is 73.8 Å². The average molecular weight is 467 g/mol. The fourth-order valence-corrected chi connectivity index (χ4v) is 3.61. The zero-order valence-corrected chi connectivity index (χ0v) is 20.0. The van der Waals surface area contributed by atoms with Gasteiger partial charge in [-0.05, 0) is 68.0 Å². The smallest absolute Gasteiger partial charge is 0.320 e. The Morgan fingerprint density at radius 1 is 0.735 bits per heavy atom. The summed E-state index contributed by atoms with van der Waals surface area (Å²) in [6, 6.07) is 15.2. The number of ether oxygens (including phenoxy) is 4. The molecule has 0 aliphatic rings. The van der Waals surface area contributed by atoms with Gasteiger partial charge in [0.2, 0.25) is 0 Å². The largest absolute Gasteiger partial charge is 0.490 e. The van der Waals surface area contributed by atoms with E-state index in [1.54, 1.807) is 26.0 Å². The minimum absolute atomic E-state index is 0.187.